The molecule has 0 fully saturated rings. The summed E-state index contributed by atoms with van der Waals surface area (Å²) < 4.78 is 32.0. The molecule has 0 saturated carbocycles. The van der Waals surface area contributed by atoms with Crippen molar-refractivity contribution < 1.29 is 12.8 Å². The monoisotopic (exact) mass is 328 g/mol. The van der Waals surface area contributed by atoms with Gasteiger partial charge in [-0.05, 0) is 31.0 Å². The third-order valence-corrected chi connectivity index (χ3v) is 6.23. The number of nitrogens with one attached hydrogen (secondary N) is 1. The number of rotatable bonds is 7. The number of hydrogen-bond acceptors (Lipinski definition) is 5. The van der Waals surface area contributed by atoms with Gasteiger partial charge in [0.25, 0.3) is 0 Å². The molecule has 0 saturated heterocycles. The van der Waals surface area contributed by atoms with Crippen molar-refractivity contribution >= 4 is 21.4 Å². The molecular weight excluding hydrogens is 308 g/mol. The van der Waals surface area contributed by atoms with Crippen LogP contribution in [0.3, 0.4) is 0 Å². The van der Waals surface area contributed by atoms with Crippen LogP contribution < -0.4 is 5.32 Å². The Balaban J connectivity index is 2.21. The first kappa shape index (κ1) is 16.2. The molecule has 0 radical (unpaired) electrons. The second-order valence-electron chi connectivity index (χ2n) is 4.75. The molecule has 2 rings (SSSR count). The van der Waals surface area contributed by atoms with E-state index >= 15 is 0 Å². The molecule has 116 valence electrons. The predicted octanol–water partition coefficient (Wildman–Crippen LogP) is 2.58. The maximum absolute atomic E-state index is 12.7. The Morgan fingerprint density at radius 2 is 2.14 bits per heavy atom. The number of nitrogens with zero attached hydrogens (tertiary/aromatic N) is 1. The SMILES string of the molecule is CCNCc1sccc1S(=O)(=O)N(C)Cc1ccoc1C. The van der Waals surface area contributed by atoms with E-state index < -0.39 is 10.0 Å². The third kappa shape index (κ3) is 3.55. The first-order chi connectivity index (χ1) is 9.96. The summed E-state index contributed by atoms with van der Waals surface area (Å²) in [4.78, 5) is 1.23. The maximum atomic E-state index is 12.7. The van der Waals surface area contributed by atoms with Crippen LogP contribution >= 0.6 is 11.3 Å². The number of thiophene rings is 1. The highest BCUT2D eigenvalue weighted by Crippen LogP contribution is 2.26. The fourth-order valence-electron chi connectivity index (χ4n) is 1.99. The van der Waals surface area contributed by atoms with E-state index in [0.717, 1.165) is 22.7 Å². The standard InChI is InChI=1S/C14H20N2O3S2/c1-4-15-9-13-14(6-8-20-13)21(17,18)16(3)10-12-5-7-19-11(12)2/h5-8,15H,4,9-10H2,1-3H3. The zero-order chi connectivity index (χ0) is 15.5. The van der Waals surface area contributed by atoms with Gasteiger partial charge in [0.15, 0.2) is 0 Å². The lowest BCUT2D eigenvalue weighted by Crippen LogP contribution is -2.27. The Bertz CT molecular complexity index is 689. The van der Waals surface area contributed by atoms with Crippen LogP contribution in [0.25, 0.3) is 0 Å². The Hall–Kier alpha value is -1.15. The Labute approximate surface area is 129 Å². The Kier molecular flexibility index (Phi) is 5.21. The normalized spacial score (nSPS) is 12.2. The summed E-state index contributed by atoms with van der Waals surface area (Å²) in [6.07, 6.45) is 1.58. The third-order valence-electron chi connectivity index (χ3n) is 3.29. The summed E-state index contributed by atoms with van der Waals surface area (Å²) in [6, 6.07) is 3.47. The van der Waals surface area contributed by atoms with E-state index in [-0.39, 0.29) is 0 Å². The van der Waals surface area contributed by atoms with Gasteiger partial charge < -0.3 is 9.73 Å². The second-order valence-corrected chi connectivity index (χ2v) is 7.77. The minimum atomic E-state index is -3.49. The van der Waals surface area contributed by atoms with E-state index in [1.165, 1.54) is 15.6 Å². The smallest absolute Gasteiger partial charge is 0.244 e. The van der Waals surface area contributed by atoms with Crippen LogP contribution in [0, 0.1) is 6.92 Å². The maximum Gasteiger partial charge on any atom is 0.244 e. The van der Waals surface area contributed by atoms with Gasteiger partial charge >= 0.3 is 0 Å². The zero-order valence-corrected chi connectivity index (χ0v) is 14.1. The van der Waals surface area contributed by atoms with Crippen molar-refractivity contribution in [3.8, 4) is 0 Å². The molecule has 0 aliphatic rings. The molecule has 0 aliphatic heterocycles. The van der Waals surface area contributed by atoms with Crippen LogP contribution in [-0.2, 0) is 23.1 Å². The molecule has 0 amide bonds. The van der Waals surface area contributed by atoms with Crippen molar-refractivity contribution in [1.82, 2.24) is 9.62 Å². The van der Waals surface area contributed by atoms with Crippen LogP contribution in [0.4, 0.5) is 0 Å². The molecule has 1 N–H and O–H groups in total. The quantitative estimate of drug-likeness (QED) is 0.848. The number of furan rings is 1. The van der Waals surface area contributed by atoms with Crippen LogP contribution in [0.15, 0.2) is 33.1 Å². The molecule has 0 atom stereocenters. The van der Waals surface area contributed by atoms with Gasteiger partial charge in [-0.2, -0.15) is 4.31 Å². The molecule has 2 aromatic heterocycles. The van der Waals surface area contributed by atoms with Gasteiger partial charge in [-0.1, -0.05) is 6.92 Å². The van der Waals surface area contributed by atoms with Gasteiger partial charge in [0.1, 0.15) is 5.76 Å². The van der Waals surface area contributed by atoms with Gasteiger partial charge in [0, 0.05) is 30.6 Å². The summed E-state index contributed by atoms with van der Waals surface area (Å²) >= 11 is 1.46. The fraction of sp³-hybridized carbons (Fsp3) is 0.429. The summed E-state index contributed by atoms with van der Waals surface area (Å²) in [5.41, 5.74) is 0.879. The Morgan fingerprint density at radius 1 is 1.38 bits per heavy atom. The second kappa shape index (κ2) is 6.74. The zero-order valence-electron chi connectivity index (χ0n) is 12.4. The van der Waals surface area contributed by atoms with E-state index in [1.807, 2.05) is 19.2 Å². The van der Waals surface area contributed by atoms with Crippen molar-refractivity contribution in [2.24, 2.45) is 0 Å². The summed E-state index contributed by atoms with van der Waals surface area (Å²) in [5, 5.41) is 4.99. The predicted molar refractivity (Wildman–Crippen MR) is 83.8 cm³/mol. The van der Waals surface area contributed by atoms with Crippen LogP contribution in [0.2, 0.25) is 0 Å². The molecule has 0 spiro atoms. The van der Waals surface area contributed by atoms with Crippen molar-refractivity contribution in [3.05, 3.63) is 40.0 Å². The highest BCUT2D eigenvalue weighted by molar-refractivity contribution is 7.89. The molecule has 2 heterocycles. The molecule has 21 heavy (non-hydrogen) atoms. The van der Waals surface area contributed by atoms with Crippen molar-refractivity contribution in [1.29, 1.82) is 0 Å². The van der Waals surface area contributed by atoms with E-state index in [9.17, 15) is 8.42 Å². The lowest BCUT2D eigenvalue weighted by molar-refractivity contribution is 0.458. The summed E-state index contributed by atoms with van der Waals surface area (Å²) in [6.45, 7) is 5.51. The van der Waals surface area contributed by atoms with E-state index in [1.54, 1.807) is 25.4 Å². The van der Waals surface area contributed by atoms with Crippen LogP contribution in [0.1, 0.15) is 23.1 Å². The van der Waals surface area contributed by atoms with E-state index in [0.29, 0.717) is 18.0 Å². The van der Waals surface area contributed by atoms with Gasteiger partial charge in [-0.15, -0.1) is 11.3 Å². The number of aryl methyl sites for hydroxylation is 1. The molecule has 0 aromatic carbocycles. The highest BCUT2D eigenvalue weighted by Gasteiger charge is 2.25. The van der Waals surface area contributed by atoms with E-state index in [4.69, 9.17) is 4.42 Å². The van der Waals surface area contributed by atoms with Gasteiger partial charge in [-0.3, -0.25) is 0 Å². The summed E-state index contributed by atoms with van der Waals surface area (Å²) in [5.74, 6) is 0.746. The average Bonchev–Trinajstić information content (AvgIpc) is 3.06. The molecule has 0 aliphatic carbocycles. The fourth-order valence-corrected chi connectivity index (χ4v) is 4.52. The van der Waals surface area contributed by atoms with E-state index in [2.05, 4.69) is 5.32 Å². The molecule has 5 nitrogen and oxygen atoms in total. The lowest BCUT2D eigenvalue weighted by Gasteiger charge is -2.17. The topological polar surface area (TPSA) is 62.6 Å². The summed E-state index contributed by atoms with van der Waals surface area (Å²) in [7, 11) is -1.89. The van der Waals surface area contributed by atoms with Crippen LogP contribution in [-0.4, -0.2) is 26.3 Å². The van der Waals surface area contributed by atoms with Gasteiger partial charge in [-0.25, -0.2) is 8.42 Å². The molecular formula is C14H20N2O3S2. The van der Waals surface area contributed by atoms with Gasteiger partial charge in [0.05, 0.1) is 11.2 Å². The minimum Gasteiger partial charge on any atom is -0.469 e. The minimum absolute atomic E-state index is 0.307. The number of sulfonamides is 1. The molecule has 0 unspecified atom stereocenters. The van der Waals surface area contributed by atoms with Crippen molar-refractivity contribution in [2.45, 2.75) is 31.8 Å². The van der Waals surface area contributed by atoms with Crippen molar-refractivity contribution in [2.75, 3.05) is 13.6 Å². The highest BCUT2D eigenvalue weighted by atomic mass is 32.2. The first-order valence-electron chi connectivity index (χ1n) is 6.73. The molecule has 2 aromatic rings. The molecule has 7 heteroatoms. The largest absolute Gasteiger partial charge is 0.469 e. The first-order valence-corrected chi connectivity index (χ1v) is 9.05. The van der Waals surface area contributed by atoms with Gasteiger partial charge in [0.2, 0.25) is 10.0 Å². The average molecular weight is 328 g/mol. The van der Waals surface area contributed by atoms with Crippen LogP contribution in [0.5, 0.6) is 0 Å². The Morgan fingerprint density at radius 3 is 2.76 bits per heavy atom. The lowest BCUT2D eigenvalue weighted by atomic mass is 10.3. The van der Waals surface area contributed by atoms with Crippen molar-refractivity contribution in [3.63, 3.8) is 0 Å². The number of hydrogen-bond donors (Lipinski definition) is 1. The molecule has 0 bridgehead atoms.